The van der Waals surface area contributed by atoms with Gasteiger partial charge in [0, 0.05) is 38.8 Å². The highest BCUT2D eigenvalue weighted by molar-refractivity contribution is 7.91. The Labute approximate surface area is 166 Å². The van der Waals surface area contributed by atoms with Crippen LogP contribution in [0.1, 0.15) is 23.8 Å². The molecular weight excluding hydrogens is 412 g/mol. The van der Waals surface area contributed by atoms with Gasteiger partial charge in [0.15, 0.2) is 0 Å². The smallest absolute Gasteiger partial charge is 0.274 e. The number of rotatable bonds is 5. The quantitative estimate of drug-likeness (QED) is 0.716. The summed E-state index contributed by atoms with van der Waals surface area (Å²) in [4.78, 5) is 26.0. The number of halogens is 1. The van der Waals surface area contributed by atoms with Gasteiger partial charge < -0.3 is 4.90 Å². The lowest BCUT2D eigenvalue weighted by molar-refractivity contribution is 0.0689. The first-order chi connectivity index (χ1) is 12.8. The highest BCUT2D eigenvalue weighted by Crippen LogP contribution is 2.28. The molecule has 2 aromatic heterocycles. The van der Waals surface area contributed by atoms with Gasteiger partial charge in [-0.15, -0.1) is 11.3 Å². The number of hydrogen-bond donors (Lipinski definition) is 0. The van der Waals surface area contributed by atoms with Crippen molar-refractivity contribution in [3.8, 4) is 0 Å². The van der Waals surface area contributed by atoms with E-state index in [2.05, 4.69) is 5.10 Å². The predicted octanol–water partition coefficient (Wildman–Crippen LogP) is 1.51. The molecule has 0 aromatic carbocycles. The number of nitrogens with zero attached hydrogens (tertiary/aromatic N) is 4. The van der Waals surface area contributed by atoms with Crippen molar-refractivity contribution in [3.63, 3.8) is 0 Å². The lowest BCUT2D eigenvalue weighted by Crippen LogP contribution is -2.50. The van der Waals surface area contributed by atoms with E-state index in [0.29, 0.717) is 10.9 Å². The molecule has 0 radical (unpaired) electrons. The standard InChI is InChI=1S/C16H19ClN4O4S2/c1-2-7-21-14(22)5-3-12(18-21)16(23)19-8-10-20(11-9-19)27(24,25)15-6-4-13(17)26-15/h3-6H,2,7-11H2,1H3. The van der Waals surface area contributed by atoms with Crippen molar-refractivity contribution >= 4 is 38.9 Å². The third kappa shape index (κ3) is 4.23. The zero-order valence-electron chi connectivity index (χ0n) is 14.7. The van der Waals surface area contributed by atoms with Gasteiger partial charge in [-0.25, -0.2) is 13.1 Å². The van der Waals surface area contributed by atoms with Gasteiger partial charge in [-0.2, -0.15) is 9.40 Å². The molecule has 11 heteroatoms. The van der Waals surface area contributed by atoms with Crippen LogP contribution in [0.2, 0.25) is 4.34 Å². The fraction of sp³-hybridized carbons (Fsp3) is 0.438. The summed E-state index contributed by atoms with van der Waals surface area (Å²) in [5, 5.41) is 4.12. The van der Waals surface area contributed by atoms with E-state index in [4.69, 9.17) is 11.6 Å². The van der Waals surface area contributed by atoms with Crippen molar-refractivity contribution in [2.45, 2.75) is 24.1 Å². The molecule has 0 unspecified atom stereocenters. The molecule has 0 atom stereocenters. The second-order valence-corrected chi connectivity index (χ2v) is 9.91. The third-order valence-corrected chi connectivity index (χ3v) is 7.79. The first-order valence-corrected chi connectivity index (χ1v) is 11.1. The van der Waals surface area contributed by atoms with Crippen molar-refractivity contribution in [1.82, 2.24) is 19.0 Å². The predicted molar refractivity (Wildman–Crippen MR) is 103 cm³/mol. The summed E-state index contributed by atoms with van der Waals surface area (Å²) in [5.74, 6) is -0.309. The number of aryl methyl sites for hydroxylation is 1. The van der Waals surface area contributed by atoms with Crippen LogP contribution in [0.25, 0.3) is 0 Å². The number of amides is 1. The molecule has 3 rings (SSSR count). The Bertz CT molecular complexity index is 994. The number of aromatic nitrogens is 2. The first kappa shape index (κ1) is 20.0. The lowest BCUT2D eigenvalue weighted by Gasteiger charge is -2.33. The van der Waals surface area contributed by atoms with E-state index in [1.807, 2.05) is 6.92 Å². The number of sulfonamides is 1. The van der Waals surface area contributed by atoms with Crippen LogP contribution in [-0.2, 0) is 16.6 Å². The second kappa shape index (κ2) is 8.09. The van der Waals surface area contributed by atoms with Crippen molar-refractivity contribution in [1.29, 1.82) is 0 Å². The molecule has 0 saturated carbocycles. The molecule has 8 nitrogen and oxygen atoms in total. The van der Waals surface area contributed by atoms with E-state index in [-0.39, 0.29) is 47.5 Å². The van der Waals surface area contributed by atoms with Crippen LogP contribution in [0.4, 0.5) is 0 Å². The summed E-state index contributed by atoms with van der Waals surface area (Å²) in [6, 6.07) is 5.78. The largest absolute Gasteiger partial charge is 0.335 e. The second-order valence-electron chi connectivity index (χ2n) is 6.03. The van der Waals surface area contributed by atoms with Crippen LogP contribution < -0.4 is 5.56 Å². The van der Waals surface area contributed by atoms with Gasteiger partial charge in [0.25, 0.3) is 21.5 Å². The van der Waals surface area contributed by atoms with E-state index in [1.54, 1.807) is 11.0 Å². The Balaban J connectivity index is 1.69. The highest BCUT2D eigenvalue weighted by Gasteiger charge is 2.31. The van der Waals surface area contributed by atoms with E-state index in [0.717, 1.165) is 17.8 Å². The molecule has 0 spiro atoms. The molecule has 0 aliphatic carbocycles. The average molecular weight is 431 g/mol. The van der Waals surface area contributed by atoms with Gasteiger partial charge in [-0.05, 0) is 24.6 Å². The van der Waals surface area contributed by atoms with Crippen LogP contribution in [0.15, 0.2) is 33.3 Å². The maximum Gasteiger partial charge on any atom is 0.274 e. The third-order valence-electron chi connectivity index (χ3n) is 4.19. The summed E-state index contributed by atoms with van der Waals surface area (Å²) >= 11 is 6.85. The number of hydrogen-bond acceptors (Lipinski definition) is 6. The van der Waals surface area contributed by atoms with Gasteiger partial charge in [0.2, 0.25) is 0 Å². The fourth-order valence-electron chi connectivity index (χ4n) is 2.79. The molecule has 146 valence electrons. The molecule has 2 aromatic rings. The monoisotopic (exact) mass is 430 g/mol. The summed E-state index contributed by atoms with van der Waals surface area (Å²) in [7, 11) is -3.61. The van der Waals surface area contributed by atoms with Gasteiger partial charge in [0.05, 0.1) is 4.34 Å². The Morgan fingerprint density at radius 1 is 1.19 bits per heavy atom. The van der Waals surface area contributed by atoms with Crippen LogP contribution in [0.3, 0.4) is 0 Å². The molecule has 3 heterocycles. The molecule has 0 N–H and O–H groups in total. The van der Waals surface area contributed by atoms with E-state index in [1.165, 1.54) is 27.2 Å². The number of thiophene rings is 1. The van der Waals surface area contributed by atoms with Crippen LogP contribution in [0, 0.1) is 0 Å². The van der Waals surface area contributed by atoms with E-state index >= 15 is 0 Å². The highest BCUT2D eigenvalue weighted by atomic mass is 35.5. The molecular formula is C16H19ClN4O4S2. The molecule has 1 aliphatic rings. The van der Waals surface area contributed by atoms with Crippen molar-refractivity contribution < 1.29 is 13.2 Å². The Kier molecular flexibility index (Phi) is 5.99. The normalized spacial score (nSPS) is 15.9. The molecule has 1 fully saturated rings. The molecule has 0 bridgehead atoms. The number of carbonyl (C=O) groups is 1. The van der Waals surface area contributed by atoms with Crippen molar-refractivity contribution in [3.05, 3.63) is 44.6 Å². The fourth-order valence-corrected chi connectivity index (χ4v) is 5.85. The molecule has 1 aliphatic heterocycles. The summed E-state index contributed by atoms with van der Waals surface area (Å²) in [6.07, 6.45) is 0.730. The van der Waals surface area contributed by atoms with E-state index in [9.17, 15) is 18.0 Å². The Morgan fingerprint density at radius 3 is 2.48 bits per heavy atom. The number of piperazine rings is 1. The summed E-state index contributed by atoms with van der Waals surface area (Å²) in [5.41, 5.74) is -0.0664. The topological polar surface area (TPSA) is 92.6 Å². The number of carbonyl (C=O) groups excluding carboxylic acids is 1. The van der Waals surface area contributed by atoms with Crippen molar-refractivity contribution in [2.75, 3.05) is 26.2 Å². The maximum atomic E-state index is 12.7. The zero-order chi connectivity index (χ0) is 19.6. The Morgan fingerprint density at radius 2 is 1.89 bits per heavy atom. The minimum Gasteiger partial charge on any atom is -0.335 e. The SMILES string of the molecule is CCCn1nc(C(=O)N2CCN(S(=O)(=O)c3ccc(Cl)s3)CC2)ccc1=O. The molecule has 1 amide bonds. The van der Waals surface area contributed by atoms with Gasteiger partial charge in [-0.3, -0.25) is 9.59 Å². The summed E-state index contributed by atoms with van der Waals surface area (Å²) < 4.78 is 28.5. The molecule has 1 saturated heterocycles. The minimum absolute atomic E-state index is 0.185. The van der Waals surface area contributed by atoms with Gasteiger partial charge in [-0.1, -0.05) is 18.5 Å². The average Bonchev–Trinajstić information content (AvgIpc) is 3.10. The van der Waals surface area contributed by atoms with E-state index < -0.39 is 10.0 Å². The lowest BCUT2D eigenvalue weighted by atomic mass is 10.3. The Hall–Kier alpha value is -1.75. The van der Waals surface area contributed by atoms with Gasteiger partial charge >= 0.3 is 0 Å². The maximum absolute atomic E-state index is 12.7. The van der Waals surface area contributed by atoms with Crippen LogP contribution >= 0.6 is 22.9 Å². The minimum atomic E-state index is -3.61. The molecule has 27 heavy (non-hydrogen) atoms. The summed E-state index contributed by atoms with van der Waals surface area (Å²) in [6.45, 7) is 3.26. The van der Waals surface area contributed by atoms with Crippen molar-refractivity contribution in [2.24, 2.45) is 0 Å². The first-order valence-electron chi connectivity index (χ1n) is 8.46. The zero-order valence-corrected chi connectivity index (χ0v) is 17.1. The van der Waals surface area contributed by atoms with Crippen LogP contribution in [-0.4, -0.2) is 59.5 Å². The van der Waals surface area contributed by atoms with Gasteiger partial charge in [0.1, 0.15) is 9.90 Å². The van der Waals surface area contributed by atoms with Crippen LogP contribution in [0.5, 0.6) is 0 Å².